The molecule has 2 aromatic rings. The summed E-state index contributed by atoms with van der Waals surface area (Å²) in [5, 5.41) is 3.20. The SMILES string of the molecule is Cc1ccc(C)c(S(=O)(=O)N(C)CC(=O)Nc2ccc(C)c(Cl)c2)c1. The highest BCUT2D eigenvalue weighted by molar-refractivity contribution is 7.89. The third kappa shape index (κ3) is 4.60. The molecule has 25 heavy (non-hydrogen) atoms. The van der Waals surface area contributed by atoms with Crippen LogP contribution in [0.4, 0.5) is 5.69 Å². The molecule has 1 N–H and O–H groups in total. The topological polar surface area (TPSA) is 66.5 Å². The van der Waals surface area contributed by atoms with Crippen LogP contribution in [0, 0.1) is 20.8 Å². The van der Waals surface area contributed by atoms with Gasteiger partial charge in [-0.1, -0.05) is 29.8 Å². The summed E-state index contributed by atoms with van der Waals surface area (Å²) in [5.74, 6) is -0.434. The highest BCUT2D eigenvalue weighted by Gasteiger charge is 2.24. The van der Waals surface area contributed by atoms with E-state index in [-0.39, 0.29) is 11.4 Å². The van der Waals surface area contributed by atoms with E-state index >= 15 is 0 Å². The number of nitrogens with one attached hydrogen (secondary N) is 1. The molecule has 0 spiro atoms. The number of aryl methyl sites for hydroxylation is 3. The molecule has 5 nitrogen and oxygen atoms in total. The Morgan fingerprint density at radius 3 is 2.36 bits per heavy atom. The second kappa shape index (κ2) is 7.56. The number of amides is 1. The molecule has 134 valence electrons. The molecule has 0 aromatic heterocycles. The van der Waals surface area contributed by atoms with Crippen LogP contribution in [0.5, 0.6) is 0 Å². The molecule has 0 heterocycles. The Hall–Kier alpha value is -1.89. The maximum absolute atomic E-state index is 12.7. The normalized spacial score (nSPS) is 11.6. The Kier molecular flexibility index (Phi) is 5.87. The van der Waals surface area contributed by atoms with Crippen molar-refractivity contribution < 1.29 is 13.2 Å². The number of likely N-dealkylation sites (N-methyl/N-ethyl adjacent to an activating group) is 1. The van der Waals surface area contributed by atoms with Crippen LogP contribution >= 0.6 is 11.6 Å². The predicted octanol–water partition coefficient (Wildman–Crippen LogP) is 3.52. The number of carbonyl (C=O) groups excluding carboxylic acids is 1. The van der Waals surface area contributed by atoms with Gasteiger partial charge in [-0.3, -0.25) is 4.79 Å². The van der Waals surface area contributed by atoms with Gasteiger partial charge >= 0.3 is 0 Å². The van der Waals surface area contributed by atoms with Gasteiger partial charge in [0.05, 0.1) is 11.4 Å². The first-order valence-corrected chi connectivity index (χ1v) is 9.52. The van der Waals surface area contributed by atoms with E-state index in [0.717, 1.165) is 15.4 Å². The van der Waals surface area contributed by atoms with Crippen LogP contribution in [0.3, 0.4) is 0 Å². The molecule has 0 radical (unpaired) electrons. The maximum Gasteiger partial charge on any atom is 0.243 e. The lowest BCUT2D eigenvalue weighted by Gasteiger charge is -2.18. The van der Waals surface area contributed by atoms with Gasteiger partial charge in [-0.15, -0.1) is 0 Å². The molecule has 0 aliphatic rings. The van der Waals surface area contributed by atoms with Gasteiger partial charge in [0.2, 0.25) is 15.9 Å². The zero-order chi connectivity index (χ0) is 18.8. The summed E-state index contributed by atoms with van der Waals surface area (Å²) in [5.41, 5.74) is 2.91. The number of nitrogens with zero attached hydrogens (tertiary/aromatic N) is 1. The maximum atomic E-state index is 12.7. The smallest absolute Gasteiger partial charge is 0.243 e. The van der Waals surface area contributed by atoms with E-state index in [4.69, 9.17) is 11.6 Å². The molecule has 0 atom stereocenters. The fourth-order valence-corrected chi connectivity index (χ4v) is 3.92. The monoisotopic (exact) mass is 380 g/mol. The van der Waals surface area contributed by atoms with E-state index in [9.17, 15) is 13.2 Å². The van der Waals surface area contributed by atoms with Crippen LogP contribution in [0.1, 0.15) is 16.7 Å². The van der Waals surface area contributed by atoms with Crippen molar-refractivity contribution in [3.63, 3.8) is 0 Å². The Balaban J connectivity index is 2.14. The van der Waals surface area contributed by atoms with Crippen LogP contribution in [-0.2, 0) is 14.8 Å². The third-order valence-corrected chi connectivity index (χ3v) is 6.21. The van der Waals surface area contributed by atoms with Crippen molar-refractivity contribution in [3.05, 3.63) is 58.1 Å². The van der Waals surface area contributed by atoms with Gasteiger partial charge in [-0.2, -0.15) is 4.31 Å². The molecule has 2 rings (SSSR count). The summed E-state index contributed by atoms with van der Waals surface area (Å²) in [6, 6.07) is 10.4. The predicted molar refractivity (Wildman–Crippen MR) is 101 cm³/mol. The van der Waals surface area contributed by atoms with Crippen molar-refractivity contribution in [2.75, 3.05) is 18.9 Å². The average molecular weight is 381 g/mol. The minimum Gasteiger partial charge on any atom is -0.325 e. The largest absolute Gasteiger partial charge is 0.325 e. The number of hydrogen-bond acceptors (Lipinski definition) is 3. The Bertz CT molecular complexity index is 911. The lowest BCUT2D eigenvalue weighted by Crippen LogP contribution is -2.35. The summed E-state index contributed by atoms with van der Waals surface area (Å²) in [6.07, 6.45) is 0. The fraction of sp³-hybridized carbons (Fsp3) is 0.278. The number of halogens is 1. The molecular formula is C18H21ClN2O3S. The van der Waals surface area contributed by atoms with Gasteiger partial charge in [-0.05, 0) is 55.7 Å². The number of hydrogen-bond donors (Lipinski definition) is 1. The van der Waals surface area contributed by atoms with Gasteiger partial charge in [0.1, 0.15) is 0 Å². The van der Waals surface area contributed by atoms with Crippen LogP contribution in [0.15, 0.2) is 41.3 Å². The van der Waals surface area contributed by atoms with E-state index in [2.05, 4.69) is 5.32 Å². The molecule has 0 saturated heterocycles. The average Bonchev–Trinajstić information content (AvgIpc) is 2.53. The van der Waals surface area contributed by atoms with Crippen molar-refractivity contribution in [2.45, 2.75) is 25.7 Å². The highest BCUT2D eigenvalue weighted by atomic mass is 35.5. The van der Waals surface area contributed by atoms with Crippen LogP contribution < -0.4 is 5.32 Å². The molecular weight excluding hydrogens is 360 g/mol. The van der Waals surface area contributed by atoms with E-state index in [1.807, 2.05) is 19.9 Å². The van der Waals surface area contributed by atoms with E-state index in [0.29, 0.717) is 16.3 Å². The first-order chi connectivity index (χ1) is 11.6. The van der Waals surface area contributed by atoms with Crippen LogP contribution in [0.25, 0.3) is 0 Å². The van der Waals surface area contributed by atoms with Crippen LogP contribution in [-0.4, -0.2) is 32.2 Å². The second-order valence-corrected chi connectivity index (χ2v) is 8.46. The summed E-state index contributed by atoms with van der Waals surface area (Å²) in [4.78, 5) is 12.4. The number of sulfonamides is 1. The Labute approximate surface area is 153 Å². The number of anilines is 1. The quantitative estimate of drug-likeness (QED) is 0.862. The molecule has 0 aliphatic heterocycles. The minimum atomic E-state index is -3.75. The van der Waals surface area contributed by atoms with Crippen molar-refractivity contribution in [1.82, 2.24) is 4.31 Å². The molecule has 0 fully saturated rings. The lowest BCUT2D eigenvalue weighted by atomic mass is 10.2. The number of benzene rings is 2. The van der Waals surface area contributed by atoms with E-state index in [1.54, 1.807) is 37.3 Å². The first kappa shape index (κ1) is 19.4. The zero-order valence-electron chi connectivity index (χ0n) is 14.6. The summed E-state index contributed by atoms with van der Waals surface area (Å²) in [6.45, 7) is 5.13. The fourth-order valence-electron chi connectivity index (χ4n) is 2.31. The second-order valence-electron chi connectivity index (χ2n) is 6.04. The molecule has 0 unspecified atom stereocenters. The first-order valence-electron chi connectivity index (χ1n) is 7.71. The Morgan fingerprint density at radius 2 is 1.72 bits per heavy atom. The van der Waals surface area contributed by atoms with Gasteiger partial charge in [0, 0.05) is 17.8 Å². The Morgan fingerprint density at radius 1 is 1.08 bits per heavy atom. The number of carbonyl (C=O) groups is 1. The van der Waals surface area contributed by atoms with Gasteiger partial charge in [0.15, 0.2) is 0 Å². The molecule has 7 heteroatoms. The molecule has 0 aliphatic carbocycles. The summed E-state index contributed by atoms with van der Waals surface area (Å²) >= 11 is 6.03. The molecule has 1 amide bonds. The van der Waals surface area contributed by atoms with Gasteiger partial charge < -0.3 is 5.32 Å². The van der Waals surface area contributed by atoms with Crippen LogP contribution in [0.2, 0.25) is 5.02 Å². The molecule has 0 bridgehead atoms. The highest BCUT2D eigenvalue weighted by Crippen LogP contribution is 2.22. The van der Waals surface area contributed by atoms with Crippen molar-refractivity contribution in [3.8, 4) is 0 Å². The van der Waals surface area contributed by atoms with Gasteiger partial charge in [0.25, 0.3) is 0 Å². The summed E-state index contributed by atoms with van der Waals surface area (Å²) in [7, 11) is -2.36. The summed E-state index contributed by atoms with van der Waals surface area (Å²) < 4.78 is 26.5. The van der Waals surface area contributed by atoms with E-state index in [1.165, 1.54) is 7.05 Å². The standard InChI is InChI=1S/C18H21ClN2O3S/c1-12-5-6-14(3)17(9-12)25(23,24)21(4)11-18(22)20-15-8-7-13(2)16(19)10-15/h5-10H,11H2,1-4H3,(H,20,22). The van der Waals surface area contributed by atoms with Crippen molar-refractivity contribution in [2.24, 2.45) is 0 Å². The molecule has 2 aromatic carbocycles. The molecule has 0 saturated carbocycles. The van der Waals surface area contributed by atoms with E-state index < -0.39 is 15.9 Å². The third-order valence-electron chi connectivity index (χ3n) is 3.85. The number of rotatable bonds is 5. The van der Waals surface area contributed by atoms with Gasteiger partial charge in [-0.25, -0.2) is 8.42 Å². The zero-order valence-corrected chi connectivity index (χ0v) is 16.2. The minimum absolute atomic E-state index is 0.209. The van der Waals surface area contributed by atoms with Crippen molar-refractivity contribution in [1.29, 1.82) is 0 Å². The van der Waals surface area contributed by atoms with Crippen molar-refractivity contribution >= 4 is 33.2 Å². The lowest BCUT2D eigenvalue weighted by molar-refractivity contribution is -0.116.